The molecule has 0 bridgehead atoms. The van der Waals surface area contributed by atoms with E-state index in [9.17, 15) is 8.42 Å². The van der Waals surface area contributed by atoms with Crippen molar-refractivity contribution in [3.05, 3.63) is 47.3 Å². The Hall–Kier alpha value is -1.89. The fourth-order valence-electron chi connectivity index (χ4n) is 3.55. The Labute approximate surface area is 176 Å². The molecule has 8 nitrogen and oxygen atoms in total. The maximum absolute atomic E-state index is 12.5. The number of hydrogen-bond acceptors (Lipinski definition) is 9. The molecule has 152 valence electrons. The molecule has 5 heterocycles. The first kappa shape index (κ1) is 19.1. The summed E-state index contributed by atoms with van der Waals surface area (Å²) >= 11 is 2.80. The molecule has 0 amide bonds. The number of fused-ring (bicyclic) bond motifs is 1. The number of rotatable bonds is 6. The van der Waals surface area contributed by atoms with Crippen molar-refractivity contribution in [2.45, 2.75) is 28.5 Å². The molecular weight excluding hydrogens is 432 g/mol. The molecule has 0 saturated carbocycles. The lowest BCUT2D eigenvalue weighted by Gasteiger charge is -2.18. The quantitative estimate of drug-likeness (QED) is 0.593. The summed E-state index contributed by atoms with van der Waals surface area (Å²) in [5.41, 5.74) is 0.849. The van der Waals surface area contributed by atoms with Crippen LogP contribution >= 0.6 is 22.7 Å². The van der Waals surface area contributed by atoms with E-state index in [0.29, 0.717) is 12.6 Å². The van der Waals surface area contributed by atoms with Crippen molar-refractivity contribution in [1.29, 1.82) is 0 Å². The SMILES string of the molecule is O=S(=O)(N[C@H]1CO[C@H]2[C@H]1OC[C@H]2Nc1nccc(-c2cccs2)n1)c1cccs1. The van der Waals surface area contributed by atoms with Crippen molar-refractivity contribution >= 4 is 38.6 Å². The van der Waals surface area contributed by atoms with Crippen LogP contribution in [0.25, 0.3) is 10.6 Å². The minimum absolute atomic E-state index is 0.158. The summed E-state index contributed by atoms with van der Waals surface area (Å²) in [5, 5.41) is 7.02. The Bertz CT molecular complexity index is 1070. The number of ether oxygens (including phenoxy) is 2. The van der Waals surface area contributed by atoms with Crippen LogP contribution in [0.5, 0.6) is 0 Å². The number of anilines is 1. The number of thiophene rings is 2. The summed E-state index contributed by atoms with van der Waals surface area (Å²) in [7, 11) is -3.58. The monoisotopic (exact) mass is 450 g/mol. The van der Waals surface area contributed by atoms with Gasteiger partial charge in [0.15, 0.2) is 0 Å². The van der Waals surface area contributed by atoms with Gasteiger partial charge in [-0.1, -0.05) is 12.1 Å². The second-order valence-corrected chi connectivity index (χ2v) is 10.6. The average Bonchev–Trinajstić information content (AvgIpc) is 3.50. The number of sulfonamides is 1. The first-order valence-corrected chi connectivity index (χ1v) is 12.3. The minimum atomic E-state index is -3.58. The molecule has 3 aromatic rings. The third-order valence-corrected chi connectivity index (χ3v) is 8.64. The Morgan fingerprint density at radius 1 is 1.00 bits per heavy atom. The van der Waals surface area contributed by atoms with Crippen molar-refractivity contribution in [2.75, 3.05) is 18.5 Å². The van der Waals surface area contributed by atoms with E-state index < -0.39 is 16.1 Å². The average molecular weight is 451 g/mol. The molecule has 0 aliphatic carbocycles. The third kappa shape index (κ3) is 3.81. The molecule has 3 aromatic heterocycles. The number of hydrogen-bond donors (Lipinski definition) is 2. The predicted octanol–water partition coefficient (Wildman–Crippen LogP) is 2.19. The maximum Gasteiger partial charge on any atom is 0.250 e. The van der Waals surface area contributed by atoms with Crippen LogP contribution in [0.15, 0.2) is 51.5 Å². The highest BCUT2D eigenvalue weighted by molar-refractivity contribution is 7.91. The molecule has 0 aromatic carbocycles. The number of nitrogens with zero attached hydrogens (tertiary/aromatic N) is 2. The van der Waals surface area contributed by atoms with E-state index >= 15 is 0 Å². The standard InChI is InChI=1S/C18H18N4O4S3/c23-29(24,15-4-2-8-28-15)22-13-10-26-16-12(9-25-17(13)16)21-18-19-6-5-11(20-18)14-3-1-7-27-14/h1-8,12-13,16-17,22H,9-10H2,(H,19,20,21)/t12-,13+,16-,17+/m1/s1. The van der Waals surface area contributed by atoms with Crippen molar-refractivity contribution < 1.29 is 17.9 Å². The maximum atomic E-state index is 12.5. The van der Waals surface area contributed by atoms with E-state index in [4.69, 9.17) is 9.47 Å². The lowest BCUT2D eigenvalue weighted by molar-refractivity contribution is 0.0690. The predicted molar refractivity (Wildman–Crippen MR) is 111 cm³/mol. The zero-order chi connectivity index (χ0) is 19.8. The van der Waals surface area contributed by atoms with E-state index in [1.54, 1.807) is 35.0 Å². The van der Waals surface area contributed by atoms with Crippen molar-refractivity contribution in [1.82, 2.24) is 14.7 Å². The van der Waals surface area contributed by atoms with Gasteiger partial charge >= 0.3 is 0 Å². The van der Waals surface area contributed by atoms with Crippen LogP contribution < -0.4 is 10.0 Å². The van der Waals surface area contributed by atoms with E-state index in [-0.39, 0.29) is 29.1 Å². The van der Waals surface area contributed by atoms with Crippen LogP contribution in [-0.4, -0.2) is 55.9 Å². The lowest BCUT2D eigenvalue weighted by atomic mass is 10.1. The topological polar surface area (TPSA) is 102 Å². The van der Waals surface area contributed by atoms with Crippen LogP contribution in [0.1, 0.15) is 0 Å². The zero-order valence-electron chi connectivity index (χ0n) is 15.1. The lowest BCUT2D eigenvalue weighted by Crippen LogP contribution is -2.44. The molecule has 29 heavy (non-hydrogen) atoms. The summed E-state index contributed by atoms with van der Waals surface area (Å²) in [6, 6.07) is 8.56. The van der Waals surface area contributed by atoms with Crippen LogP contribution in [0.4, 0.5) is 5.95 Å². The summed E-state index contributed by atoms with van der Waals surface area (Å²) < 4.78 is 39.8. The second-order valence-electron chi connectivity index (χ2n) is 6.75. The Balaban J connectivity index is 1.27. The summed E-state index contributed by atoms with van der Waals surface area (Å²) in [5.74, 6) is 0.497. The largest absolute Gasteiger partial charge is 0.371 e. The van der Waals surface area contributed by atoms with Crippen LogP contribution in [0.2, 0.25) is 0 Å². The first-order chi connectivity index (χ1) is 14.1. The highest BCUT2D eigenvalue weighted by Crippen LogP contribution is 2.30. The third-order valence-electron chi connectivity index (χ3n) is 4.86. The molecule has 0 radical (unpaired) electrons. The molecule has 2 saturated heterocycles. The van der Waals surface area contributed by atoms with Gasteiger partial charge in [0.25, 0.3) is 0 Å². The van der Waals surface area contributed by atoms with Gasteiger partial charge in [0.1, 0.15) is 16.4 Å². The molecule has 4 atom stereocenters. The van der Waals surface area contributed by atoms with Gasteiger partial charge < -0.3 is 14.8 Å². The van der Waals surface area contributed by atoms with E-state index in [1.165, 1.54) is 11.3 Å². The minimum Gasteiger partial charge on any atom is -0.371 e. The molecule has 0 unspecified atom stereocenters. The van der Waals surface area contributed by atoms with Crippen LogP contribution in [0.3, 0.4) is 0 Å². The van der Waals surface area contributed by atoms with Gasteiger partial charge in [-0.25, -0.2) is 23.1 Å². The molecule has 0 spiro atoms. The molecule has 2 fully saturated rings. The summed E-state index contributed by atoms with van der Waals surface area (Å²) in [6.45, 7) is 0.646. The van der Waals surface area contributed by atoms with Crippen LogP contribution in [-0.2, 0) is 19.5 Å². The Morgan fingerprint density at radius 3 is 2.52 bits per heavy atom. The van der Waals surface area contributed by atoms with Gasteiger partial charge in [-0.05, 0) is 29.0 Å². The van der Waals surface area contributed by atoms with E-state index in [2.05, 4.69) is 20.0 Å². The highest BCUT2D eigenvalue weighted by Gasteiger charge is 2.49. The molecule has 11 heteroatoms. The molecule has 2 aliphatic rings. The smallest absolute Gasteiger partial charge is 0.250 e. The van der Waals surface area contributed by atoms with Crippen molar-refractivity contribution in [2.24, 2.45) is 0 Å². The van der Waals surface area contributed by atoms with Gasteiger partial charge in [-0.15, -0.1) is 22.7 Å². The first-order valence-electron chi connectivity index (χ1n) is 9.03. The van der Waals surface area contributed by atoms with Gasteiger partial charge in [0.2, 0.25) is 16.0 Å². The Kier molecular flexibility index (Phi) is 5.10. The van der Waals surface area contributed by atoms with Gasteiger partial charge in [-0.2, -0.15) is 0 Å². The van der Waals surface area contributed by atoms with E-state index in [0.717, 1.165) is 10.6 Å². The van der Waals surface area contributed by atoms with Crippen molar-refractivity contribution in [3.8, 4) is 10.6 Å². The fourth-order valence-corrected chi connectivity index (χ4v) is 6.49. The second kappa shape index (κ2) is 7.74. The molecule has 2 N–H and O–H groups in total. The number of nitrogens with one attached hydrogen (secondary N) is 2. The van der Waals surface area contributed by atoms with Gasteiger partial charge in [0, 0.05) is 6.20 Å². The Morgan fingerprint density at radius 2 is 1.76 bits per heavy atom. The van der Waals surface area contributed by atoms with Gasteiger partial charge in [0.05, 0.1) is 35.9 Å². The zero-order valence-corrected chi connectivity index (χ0v) is 17.5. The van der Waals surface area contributed by atoms with E-state index in [1.807, 2.05) is 23.6 Å². The molecule has 2 aliphatic heterocycles. The highest BCUT2D eigenvalue weighted by atomic mass is 32.2. The molecule has 5 rings (SSSR count). The van der Waals surface area contributed by atoms with Crippen LogP contribution in [0, 0.1) is 0 Å². The summed E-state index contributed by atoms with van der Waals surface area (Å²) in [4.78, 5) is 9.94. The summed E-state index contributed by atoms with van der Waals surface area (Å²) in [6.07, 6.45) is 1.08. The fraction of sp³-hybridized carbons (Fsp3) is 0.333. The van der Waals surface area contributed by atoms with Gasteiger partial charge in [-0.3, -0.25) is 0 Å². The van der Waals surface area contributed by atoms with Crippen molar-refractivity contribution in [3.63, 3.8) is 0 Å². The number of aromatic nitrogens is 2. The normalized spacial score (nSPS) is 26.5. The molecular formula is C18H18N4O4S3.